The third kappa shape index (κ3) is 3.24. The molecule has 2 heterocycles. The highest BCUT2D eigenvalue weighted by molar-refractivity contribution is 7.15. The van der Waals surface area contributed by atoms with Crippen LogP contribution in [0.2, 0.25) is 0 Å². The van der Waals surface area contributed by atoms with E-state index in [1.165, 1.54) is 11.3 Å². The predicted molar refractivity (Wildman–Crippen MR) is 92.7 cm³/mol. The number of aryl methyl sites for hydroxylation is 1. The van der Waals surface area contributed by atoms with Crippen LogP contribution < -0.4 is 10.1 Å². The van der Waals surface area contributed by atoms with Crippen LogP contribution in [0, 0.1) is 0 Å². The number of amides is 1. The van der Waals surface area contributed by atoms with E-state index in [2.05, 4.69) is 15.5 Å². The number of nitrogens with zero attached hydrogens (tertiary/aromatic N) is 3. The highest BCUT2D eigenvalue weighted by Gasteiger charge is 2.16. The van der Waals surface area contributed by atoms with Gasteiger partial charge in [-0.25, -0.2) is 0 Å². The predicted octanol–water partition coefficient (Wildman–Crippen LogP) is 2.83. The van der Waals surface area contributed by atoms with E-state index in [0.717, 1.165) is 21.7 Å². The standard InChI is InChI=1S/C16H18N4O3S/c1-4-23-9-14-18-19-16(24-14)17-15(21)13-7-10-5-6-11(22-3)8-12(10)20(13)2/h5-8H,4,9H2,1-3H3,(H,17,19,21). The van der Waals surface area contributed by atoms with Crippen LogP contribution >= 0.6 is 11.3 Å². The average Bonchev–Trinajstić information content (AvgIpc) is 3.17. The summed E-state index contributed by atoms with van der Waals surface area (Å²) in [6.45, 7) is 2.93. The molecule has 3 aromatic rings. The van der Waals surface area contributed by atoms with Gasteiger partial charge in [-0.15, -0.1) is 10.2 Å². The molecule has 0 aliphatic rings. The van der Waals surface area contributed by atoms with Crippen molar-refractivity contribution in [1.82, 2.24) is 14.8 Å². The van der Waals surface area contributed by atoms with E-state index in [-0.39, 0.29) is 5.91 Å². The van der Waals surface area contributed by atoms with Crippen molar-refractivity contribution < 1.29 is 14.3 Å². The maximum atomic E-state index is 12.5. The second-order valence-electron chi connectivity index (χ2n) is 5.11. The number of aromatic nitrogens is 3. The molecule has 126 valence electrons. The minimum absolute atomic E-state index is 0.230. The number of nitrogens with one attached hydrogen (secondary N) is 1. The first kappa shape index (κ1) is 16.4. The molecule has 3 rings (SSSR count). The number of methoxy groups -OCH3 is 1. The molecule has 2 aromatic heterocycles. The molecular weight excluding hydrogens is 328 g/mol. The largest absolute Gasteiger partial charge is 0.497 e. The van der Waals surface area contributed by atoms with E-state index in [1.807, 2.05) is 42.8 Å². The number of hydrogen-bond donors (Lipinski definition) is 1. The number of benzene rings is 1. The van der Waals surface area contributed by atoms with Crippen LogP contribution in [0.3, 0.4) is 0 Å². The molecule has 0 aliphatic carbocycles. The van der Waals surface area contributed by atoms with E-state index in [0.29, 0.717) is 24.0 Å². The molecule has 0 aliphatic heterocycles. The van der Waals surface area contributed by atoms with Gasteiger partial charge in [-0.2, -0.15) is 0 Å². The smallest absolute Gasteiger partial charge is 0.274 e. The van der Waals surface area contributed by atoms with Gasteiger partial charge in [0.1, 0.15) is 23.1 Å². The summed E-state index contributed by atoms with van der Waals surface area (Å²) in [7, 11) is 3.46. The van der Waals surface area contributed by atoms with Crippen molar-refractivity contribution in [3.8, 4) is 5.75 Å². The first-order valence-corrected chi connectivity index (χ1v) is 8.29. The van der Waals surface area contributed by atoms with Crippen molar-refractivity contribution in [2.24, 2.45) is 7.05 Å². The van der Waals surface area contributed by atoms with Gasteiger partial charge in [-0.1, -0.05) is 11.3 Å². The Labute approximate surface area is 143 Å². The van der Waals surface area contributed by atoms with Gasteiger partial charge in [0.15, 0.2) is 0 Å². The highest BCUT2D eigenvalue weighted by Crippen LogP contribution is 2.25. The average molecular weight is 346 g/mol. The Balaban J connectivity index is 1.81. The van der Waals surface area contributed by atoms with Crippen LogP contribution in [0.1, 0.15) is 22.4 Å². The Hall–Kier alpha value is -2.45. The molecule has 0 bridgehead atoms. The molecule has 1 N–H and O–H groups in total. The zero-order chi connectivity index (χ0) is 17.1. The lowest BCUT2D eigenvalue weighted by Crippen LogP contribution is -2.15. The van der Waals surface area contributed by atoms with E-state index >= 15 is 0 Å². The Morgan fingerprint density at radius 1 is 1.33 bits per heavy atom. The number of ether oxygens (including phenoxy) is 2. The van der Waals surface area contributed by atoms with Gasteiger partial charge in [0.05, 0.1) is 12.6 Å². The summed E-state index contributed by atoms with van der Waals surface area (Å²) in [5, 5.41) is 12.9. The lowest BCUT2D eigenvalue weighted by molar-refractivity contribution is 0.101. The summed E-state index contributed by atoms with van der Waals surface area (Å²) in [6, 6.07) is 7.54. The fourth-order valence-electron chi connectivity index (χ4n) is 2.37. The quantitative estimate of drug-likeness (QED) is 0.742. The van der Waals surface area contributed by atoms with Crippen molar-refractivity contribution in [1.29, 1.82) is 0 Å². The van der Waals surface area contributed by atoms with Crippen LogP contribution in [0.4, 0.5) is 5.13 Å². The van der Waals surface area contributed by atoms with Crippen LogP contribution in [0.5, 0.6) is 5.75 Å². The van der Waals surface area contributed by atoms with Crippen molar-refractivity contribution >= 4 is 33.3 Å². The summed E-state index contributed by atoms with van der Waals surface area (Å²) in [5.74, 6) is 0.520. The van der Waals surface area contributed by atoms with Gasteiger partial charge in [0, 0.05) is 25.1 Å². The normalized spacial score (nSPS) is 11.0. The Bertz CT molecular complexity index is 871. The fraction of sp³-hybridized carbons (Fsp3) is 0.312. The summed E-state index contributed by atoms with van der Waals surface area (Å²) in [5.41, 5.74) is 1.47. The summed E-state index contributed by atoms with van der Waals surface area (Å²) >= 11 is 1.31. The molecule has 0 saturated heterocycles. The monoisotopic (exact) mass is 346 g/mol. The maximum Gasteiger partial charge on any atom is 0.274 e. The minimum atomic E-state index is -0.230. The van der Waals surface area contributed by atoms with Gasteiger partial charge in [-0.3, -0.25) is 10.1 Å². The lowest BCUT2D eigenvalue weighted by Gasteiger charge is -2.04. The number of carbonyl (C=O) groups excluding carboxylic acids is 1. The molecule has 7 nitrogen and oxygen atoms in total. The number of anilines is 1. The van der Waals surface area contributed by atoms with Crippen LogP contribution in [-0.2, 0) is 18.4 Å². The SMILES string of the molecule is CCOCc1nnc(NC(=O)c2cc3ccc(OC)cc3n2C)s1. The topological polar surface area (TPSA) is 78.3 Å². The van der Waals surface area contributed by atoms with E-state index in [9.17, 15) is 4.79 Å². The molecule has 0 atom stereocenters. The number of hydrogen-bond acceptors (Lipinski definition) is 6. The second-order valence-corrected chi connectivity index (χ2v) is 6.17. The Kier molecular flexibility index (Phi) is 4.77. The Morgan fingerprint density at radius 3 is 2.92 bits per heavy atom. The molecule has 1 amide bonds. The summed E-state index contributed by atoms with van der Waals surface area (Å²) in [4.78, 5) is 12.5. The number of carbonyl (C=O) groups is 1. The lowest BCUT2D eigenvalue weighted by atomic mass is 10.2. The van der Waals surface area contributed by atoms with Crippen molar-refractivity contribution in [2.75, 3.05) is 19.0 Å². The Morgan fingerprint density at radius 2 is 2.17 bits per heavy atom. The molecule has 1 aromatic carbocycles. The molecule has 0 unspecified atom stereocenters. The molecule has 24 heavy (non-hydrogen) atoms. The third-order valence-corrected chi connectivity index (χ3v) is 4.41. The molecular formula is C16H18N4O3S. The van der Waals surface area contributed by atoms with E-state index in [4.69, 9.17) is 9.47 Å². The van der Waals surface area contributed by atoms with Crippen LogP contribution in [-0.4, -0.2) is 34.4 Å². The molecule has 0 fully saturated rings. The second kappa shape index (κ2) is 6.98. The number of rotatable bonds is 6. The summed E-state index contributed by atoms with van der Waals surface area (Å²) < 4.78 is 12.3. The van der Waals surface area contributed by atoms with E-state index in [1.54, 1.807) is 7.11 Å². The molecule has 0 saturated carbocycles. The van der Waals surface area contributed by atoms with E-state index < -0.39 is 0 Å². The first-order valence-electron chi connectivity index (χ1n) is 7.47. The van der Waals surface area contributed by atoms with Gasteiger partial charge < -0.3 is 14.0 Å². The van der Waals surface area contributed by atoms with Gasteiger partial charge in [-0.05, 0) is 25.1 Å². The first-order chi connectivity index (χ1) is 11.6. The van der Waals surface area contributed by atoms with Gasteiger partial charge >= 0.3 is 0 Å². The minimum Gasteiger partial charge on any atom is -0.497 e. The number of fused-ring (bicyclic) bond motifs is 1. The van der Waals surface area contributed by atoms with Crippen molar-refractivity contribution in [3.05, 3.63) is 35.0 Å². The van der Waals surface area contributed by atoms with Crippen molar-refractivity contribution in [2.45, 2.75) is 13.5 Å². The molecule has 0 spiro atoms. The third-order valence-electron chi connectivity index (χ3n) is 3.60. The molecule has 8 heteroatoms. The van der Waals surface area contributed by atoms with Crippen LogP contribution in [0.15, 0.2) is 24.3 Å². The maximum absolute atomic E-state index is 12.5. The highest BCUT2D eigenvalue weighted by atomic mass is 32.1. The van der Waals surface area contributed by atoms with Gasteiger partial charge in [0.25, 0.3) is 5.91 Å². The van der Waals surface area contributed by atoms with Gasteiger partial charge in [0.2, 0.25) is 5.13 Å². The van der Waals surface area contributed by atoms with Crippen molar-refractivity contribution in [3.63, 3.8) is 0 Å². The fourth-order valence-corrected chi connectivity index (χ4v) is 3.04. The molecule has 0 radical (unpaired) electrons. The van der Waals surface area contributed by atoms with Crippen LogP contribution in [0.25, 0.3) is 10.9 Å². The zero-order valence-electron chi connectivity index (χ0n) is 13.7. The zero-order valence-corrected chi connectivity index (χ0v) is 14.5. The summed E-state index contributed by atoms with van der Waals surface area (Å²) in [6.07, 6.45) is 0.